The van der Waals surface area contributed by atoms with Crippen LogP contribution in [0.2, 0.25) is 0 Å². The van der Waals surface area contributed by atoms with Crippen LogP contribution in [0.25, 0.3) is 0 Å². The number of nitrogens with one attached hydrogen (secondary N) is 2. The molecular weight excluding hydrogens is 356 g/mol. The maximum absolute atomic E-state index is 13.0. The van der Waals surface area contributed by atoms with Gasteiger partial charge in [0.05, 0.1) is 17.5 Å². The van der Waals surface area contributed by atoms with Crippen molar-refractivity contribution in [3.05, 3.63) is 41.5 Å². The molecule has 0 unspecified atom stereocenters. The van der Waals surface area contributed by atoms with Crippen molar-refractivity contribution in [1.82, 2.24) is 14.9 Å². The predicted octanol–water partition coefficient (Wildman–Crippen LogP) is 3.40. The molecule has 0 saturated carbocycles. The van der Waals surface area contributed by atoms with Gasteiger partial charge in [0.25, 0.3) is 11.8 Å². The normalized spacial score (nSPS) is 13.1. The average Bonchev–Trinajstić information content (AvgIpc) is 3.07. The molecule has 150 valence electrons. The highest BCUT2D eigenvalue weighted by molar-refractivity contribution is 6.04. The summed E-state index contributed by atoms with van der Waals surface area (Å²) in [6.07, 6.45) is 3.55. The lowest BCUT2D eigenvalue weighted by molar-refractivity contribution is 0.0947. The highest BCUT2D eigenvalue weighted by Crippen LogP contribution is 2.27. The van der Waals surface area contributed by atoms with Crippen LogP contribution in [0.1, 0.15) is 66.8 Å². The van der Waals surface area contributed by atoms with E-state index >= 15 is 0 Å². The van der Waals surface area contributed by atoms with Crippen molar-refractivity contribution in [3.8, 4) is 5.75 Å². The summed E-state index contributed by atoms with van der Waals surface area (Å²) in [5, 5.41) is 5.76. The van der Waals surface area contributed by atoms with E-state index in [1.54, 1.807) is 6.07 Å². The van der Waals surface area contributed by atoms with Gasteiger partial charge in [0, 0.05) is 13.1 Å². The SMILES string of the molecule is CCCNC(=O)c1nc(C(=O)Nc2ccccc2OC(C)C)n2c1CCCC2. The number of imidazole rings is 1. The number of aromatic nitrogens is 2. The van der Waals surface area contributed by atoms with Gasteiger partial charge in [0.15, 0.2) is 5.82 Å². The number of ether oxygens (including phenoxy) is 1. The van der Waals surface area contributed by atoms with Crippen LogP contribution in [0.15, 0.2) is 24.3 Å². The van der Waals surface area contributed by atoms with E-state index in [1.165, 1.54) is 0 Å². The average molecular weight is 384 g/mol. The molecule has 7 heteroatoms. The lowest BCUT2D eigenvalue weighted by Crippen LogP contribution is -2.26. The van der Waals surface area contributed by atoms with Crippen LogP contribution in [-0.2, 0) is 13.0 Å². The van der Waals surface area contributed by atoms with E-state index < -0.39 is 0 Å². The lowest BCUT2D eigenvalue weighted by Gasteiger charge is -2.18. The summed E-state index contributed by atoms with van der Waals surface area (Å²) in [4.78, 5) is 29.9. The Labute approximate surface area is 165 Å². The van der Waals surface area contributed by atoms with Gasteiger partial charge in [-0.15, -0.1) is 0 Å². The molecular formula is C21H28N4O3. The fourth-order valence-electron chi connectivity index (χ4n) is 3.33. The highest BCUT2D eigenvalue weighted by Gasteiger charge is 2.27. The number of fused-ring (bicyclic) bond motifs is 1. The monoisotopic (exact) mass is 384 g/mol. The molecule has 0 spiro atoms. The number of para-hydroxylation sites is 2. The summed E-state index contributed by atoms with van der Waals surface area (Å²) >= 11 is 0. The van der Waals surface area contributed by atoms with Crippen molar-refractivity contribution in [1.29, 1.82) is 0 Å². The van der Waals surface area contributed by atoms with Crippen LogP contribution < -0.4 is 15.4 Å². The van der Waals surface area contributed by atoms with Gasteiger partial charge < -0.3 is 19.9 Å². The van der Waals surface area contributed by atoms with Gasteiger partial charge in [-0.05, 0) is 51.7 Å². The first-order valence-electron chi connectivity index (χ1n) is 9.95. The summed E-state index contributed by atoms with van der Waals surface area (Å²) in [5.41, 5.74) is 1.80. The van der Waals surface area contributed by atoms with E-state index in [9.17, 15) is 9.59 Å². The summed E-state index contributed by atoms with van der Waals surface area (Å²) in [6.45, 7) is 7.15. The Bertz CT molecular complexity index is 857. The molecule has 0 atom stereocenters. The van der Waals surface area contributed by atoms with Crippen LogP contribution >= 0.6 is 0 Å². The number of carbonyl (C=O) groups is 2. The summed E-state index contributed by atoms with van der Waals surface area (Å²) in [7, 11) is 0. The third-order valence-corrected chi connectivity index (χ3v) is 4.57. The Kier molecular flexibility index (Phi) is 6.34. The largest absolute Gasteiger partial charge is 0.489 e. The second-order valence-corrected chi connectivity index (χ2v) is 7.21. The Hall–Kier alpha value is -2.83. The van der Waals surface area contributed by atoms with Crippen molar-refractivity contribution in [2.24, 2.45) is 0 Å². The molecule has 2 amide bonds. The van der Waals surface area contributed by atoms with Gasteiger partial charge in [-0.25, -0.2) is 4.98 Å². The van der Waals surface area contributed by atoms with Crippen molar-refractivity contribution in [3.63, 3.8) is 0 Å². The minimum Gasteiger partial charge on any atom is -0.489 e. The van der Waals surface area contributed by atoms with E-state index in [0.29, 0.717) is 30.2 Å². The number of anilines is 1. The molecule has 0 bridgehead atoms. The second kappa shape index (κ2) is 8.91. The van der Waals surface area contributed by atoms with Gasteiger partial charge in [0.1, 0.15) is 11.4 Å². The number of amides is 2. The third kappa shape index (κ3) is 4.35. The Balaban J connectivity index is 1.88. The number of rotatable bonds is 7. The lowest BCUT2D eigenvalue weighted by atomic mass is 10.1. The van der Waals surface area contributed by atoms with Gasteiger partial charge in [-0.3, -0.25) is 9.59 Å². The van der Waals surface area contributed by atoms with E-state index in [2.05, 4.69) is 15.6 Å². The van der Waals surface area contributed by atoms with E-state index in [4.69, 9.17) is 4.74 Å². The summed E-state index contributed by atoms with van der Waals surface area (Å²) in [5.74, 6) is 0.334. The third-order valence-electron chi connectivity index (χ3n) is 4.57. The van der Waals surface area contributed by atoms with E-state index in [0.717, 1.165) is 31.4 Å². The topological polar surface area (TPSA) is 85.2 Å². The zero-order valence-electron chi connectivity index (χ0n) is 16.7. The number of nitrogens with zero attached hydrogens (tertiary/aromatic N) is 2. The van der Waals surface area contributed by atoms with Crippen LogP contribution in [0.4, 0.5) is 5.69 Å². The summed E-state index contributed by atoms with van der Waals surface area (Å²) < 4.78 is 7.66. The molecule has 2 heterocycles. The van der Waals surface area contributed by atoms with Crippen molar-refractivity contribution < 1.29 is 14.3 Å². The first kappa shape index (κ1) is 19.9. The maximum atomic E-state index is 13.0. The van der Waals surface area contributed by atoms with E-state index in [-0.39, 0.29) is 23.7 Å². The standard InChI is InChI=1S/C21H28N4O3/c1-4-12-22-20(26)18-16-10-7-8-13-25(16)19(24-18)21(27)23-15-9-5-6-11-17(15)28-14(2)3/h5-6,9,11,14H,4,7-8,10,12-13H2,1-3H3,(H,22,26)(H,23,27). The molecule has 28 heavy (non-hydrogen) atoms. The molecule has 1 aliphatic rings. The quantitative estimate of drug-likeness (QED) is 0.766. The van der Waals surface area contributed by atoms with Crippen molar-refractivity contribution in [2.75, 3.05) is 11.9 Å². The molecule has 0 aliphatic carbocycles. The molecule has 2 aromatic rings. The predicted molar refractivity (Wildman–Crippen MR) is 108 cm³/mol. The first-order chi connectivity index (χ1) is 13.5. The Morgan fingerprint density at radius 2 is 2.00 bits per heavy atom. The zero-order valence-corrected chi connectivity index (χ0v) is 16.7. The molecule has 7 nitrogen and oxygen atoms in total. The fourth-order valence-corrected chi connectivity index (χ4v) is 3.33. The Morgan fingerprint density at radius 3 is 2.75 bits per heavy atom. The van der Waals surface area contributed by atoms with Crippen LogP contribution in [0.3, 0.4) is 0 Å². The van der Waals surface area contributed by atoms with Crippen LogP contribution in [0, 0.1) is 0 Å². The fraction of sp³-hybridized carbons (Fsp3) is 0.476. The number of carbonyl (C=O) groups excluding carboxylic acids is 2. The zero-order chi connectivity index (χ0) is 20.1. The number of hydrogen-bond donors (Lipinski definition) is 2. The molecule has 1 aromatic carbocycles. The minimum atomic E-state index is -0.336. The summed E-state index contributed by atoms with van der Waals surface area (Å²) in [6, 6.07) is 7.32. The number of benzene rings is 1. The smallest absolute Gasteiger partial charge is 0.291 e. The minimum absolute atomic E-state index is 0.00824. The van der Waals surface area contributed by atoms with E-state index in [1.807, 2.05) is 43.5 Å². The van der Waals surface area contributed by atoms with Gasteiger partial charge >= 0.3 is 0 Å². The van der Waals surface area contributed by atoms with Gasteiger partial charge in [-0.1, -0.05) is 19.1 Å². The van der Waals surface area contributed by atoms with Crippen molar-refractivity contribution in [2.45, 2.75) is 59.1 Å². The van der Waals surface area contributed by atoms with Crippen LogP contribution in [0.5, 0.6) is 5.75 Å². The van der Waals surface area contributed by atoms with Gasteiger partial charge in [0.2, 0.25) is 0 Å². The maximum Gasteiger partial charge on any atom is 0.291 e. The second-order valence-electron chi connectivity index (χ2n) is 7.21. The molecule has 3 rings (SSSR count). The molecule has 0 radical (unpaired) electrons. The van der Waals surface area contributed by atoms with Gasteiger partial charge in [-0.2, -0.15) is 0 Å². The molecule has 0 saturated heterocycles. The number of hydrogen-bond acceptors (Lipinski definition) is 4. The Morgan fingerprint density at radius 1 is 1.21 bits per heavy atom. The molecule has 2 N–H and O–H groups in total. The van der Waals surface area contributed by atoms with Crippen molar-refractivity contribution >= 4 is 17.5 Å². The highest BCUT2D eigenvalue weighted by atomic mass is 16.5. The van der Waals surface area contributed by atoms with Crippen LogP contribution in [-0.4, -0.2) is 34.0 Å². The molecule has 0 fully saturated rings. The first-order valence-corrected chi connectivity index (χ1v) is 9.95. The molecule has 1 aromatic heterocycles. The molecule has 1 aliphatic heterocycles.